The minimum absolute atomic E-state index is 0.259. The molecular weight excluding hydrogens is 260 g/mol. The second-order valence-corrected chi connectivity index (χ2v) is 4.89. The summed E-state index contributed by atoms with van der Waals surface area (Å²) >= 11 is 0. The van der Waals surface area contributed by atoms with Crippen LogP contribution in [0.5, 0.6) is 0 Å². The molecule has 1 fully saturated rings. The molecule has 104 valence electrons. The van der Waals surface area contributed by atoms with Gasteiger partial charge in [0.05, 0.1) is 5.56 Å². The minimum Gasteiger partial charge on any atom is -0.480 e. The third-order valence-electron chi connectivity index (χ3n) is 3.62. The molecule has 0 radical (unpaired) electrons. The van der Waals surface area contributed by atoms with E-state index in [-0.39, 0.29) is 5.91 Å². The van der Waals surface area contributed by atoms with Gasteiger partial charge in [0, 0.05) is 12.7 Å². The van der Waals surface area contributed by atoms with E-state index >= 15 is 0 Å². The molecule has 1 aliphatic heterocycles. The van der Waals surface area contributed by atoms with Crippen molar-refractivity contribution in [1.82, 2.24) is 19.5 Å². The van der Waals surface area contributed by atoms with Crippen molar-refractivity contribution in [1.29, 1.82) is 0 Å². The smallest absolute Gasteiger partial charge is 0.326 e. The zero-order valence-electron chi connectivity index (χ0n) is 11.0. The Morgan fingerprint density at radius 3 is 2.90 bits per heavy atom. The van der Waals surface area contributed by atoms with Crippen LogP contribution in [0.3, 0.4) is 0 Å². The van der Waals surface area contributed by atoms with Crippen molar-refractivity contribution in [3.63, 3.8) is 0 Å². The highest BCUT2D eigenvalue weighted by Crippen LogP contribution is 2.20. The first-order chi connectivity index (χ1) is 9.58. The number of carboxylic acid groups (broad SMARTS) is 1. The average molecular weight is 274 g/mol. The number of carbonyl (C=O) groups excluding carboxylic acids is 1. The summed E-state index contributed by atoms with van der Waals surface area (Å²) in [5.74, 6) is -0.520. The first-order valence-corrected chi connectivity index (χ1v) is 6.43. The number of aryl methyl sites for hydroxylation is 1. The average Bonchev–Trinajstić information content (AvgIpc) is 3.05. The van der Waals surface area contributed by atoms with Gasteiger partial charge in [-0.05, 0) is 31.9 Å². The number of nitrogens with zero attached hydrogens (tertiary/aromatic N) is 4. The van der Waals surface area contributed by atoms with Crippen LogP contribution < -0.4 is 0 Å². The second-order valence-electron chi connectivity index (χ2n) is 4.89. The Labute approximate surface area is 114 Å². The van der Waals surface area contributed by atoms with Crippen LogP contribution in [-0.2, 0) is 4.79 Å². The Morgan fingerprint density at radius 1 is 1.35 bits per heavy atom. The Kier molecular flexibility index (Phi) is 2.89. The highest BCUT2D eigenvalue weighted by molar-refractivity contribution is 5.97. The Bertz CT molecular complexity index is 694. The van der Waals surface area contributed by atoms with Crippen LogP contribution in [0.15, 0.2) is 18.3 Å². The highest BCUT2D eigenvalue weighted by atomic mass is 16.4. The van der Waals surface area contributed by atoms with Gasteiger partial charge in [-0.15, -0.1) is 10.2 Å². The summed E-state index contributed by atoms with van der Waals surface area (Å²) in [7, 11) is 0. The molecule has 0 bridgehead atoms. The van der Waals surface area contributed by atoms with Gasteiger partial charge in [-0.3, -0.25) is 9.20 Å². The second kappa shape index (κ2) is 4.59. The SMILES string of the molecule is Cc1nnc2ccc(C(=O)N3CCC[C@@H]3C(=O)O)cn12. The zero-order chi connectivity index (χ0) is 14.3. The molecule has 20 heavy (non-hydrogen) atoms. The van der Waals surface area contributed by atoms with Gasteiger partial charge >= 0.3 is 5.97 Å². The van der Waals surface area contributed by atoms with Gasteiger partial charge in [-0.2, -0.15) is 0 Å². The molecule has 1 saturated heterocycles. The molecule has 0 aromatic carbocycles. The highest BCUT2D eigenvalue weighted by Gasteiger charge is 2.34. The summed E-state index contributed by atoms with van der Waals surface area (Å²) in [5, 5.41) is 17.0. The van der Waals surface area contributed by atoms with E-state index in [1.165, 1.54) is 4.90 Å². The van der Waals surface area contributed by atoms with Gasteiger partial charge in [0.2, 0.25) is 0 Å². The normalized spacial score (nSPS) is 18.6. The molecule has 1 N–H and O–H groups in total. The molecule has 3 heterocycles. The molecule has 0 saturated carbocycles. The lowest BCUT2D eigenvalue weighted by Gasteiger charge is -2.21. The van der Waals surface area contributed by atoms with Gasteiger partial charge < -0.3 is 10.0 Å². The van der Waals surface area contributed by atoms with Crippen molar-refractivity contribution >= 4 is 17.5 Å². The van der Waals surface area contributed by atoms with Crippen LogP contribution in [0.4, 0.5) is 0 Å². The number of rotatable bonds is 2. The number of pyridine rings is 1. The molecule has 0 aliphatic carbocycles. The first kappa shape index (κ1) is 12.6. The monoisotopic (exact) mass is 274 g/mol. The van der Waals surface area contributed by atoms with E-state index < -0.39 is 12.0 Å². The molecule has 7 heteroatoms. The summed E-state index contributed by atoms with van der Waals surface area (Å²) in [5.41, 5.74) is 1.11. The number of aliphatic carboxylic acids is 1. The molecule has 0 spiro atoms. The van der Waals surface area contributed by atoms with Gasteiger partial charge in [0.25, 0.3) is 5.91 Å². The molecule has 1 atom stereocenters. The number of carbonyl (C=O) groups is 2. The van der Waals surface area contributed by atoms with E-state index in [0.29, 0.717) is 30.0 Å². The van der Waals surface area contributed by atoms with Gasteiger partial charge in [0.15, 0.2) is 5.65 Å². The molecule has 2 aromatic rings. The van der Waals surface area contributed by atoms with E-state index in [1.54, 1.807) is 29.7 Å². The van der Waals surface area contributed by atoms with E-state index in [9.17, 15) is 9.59 Å². The van der Waals surface area contributed by atoms with Crippen molar-refractivity contribution in [3.8, 4) is 0 Å². The quantitative estimate of drug-likeness (QED) is 0.872. The number of carboxylic acids is 1. The maximum Gasteiger partial charge on any atom is 0.326 e. The standard InChI is InChI=1S/C13H14N4O3/c1-8-14-15-11-5-4-9(7-17(8)11)12(18)16-6-2-3-10(16)13(19)20/h4-5,7,10H,2-3,6H2,1H3,(H,19,20)/t10-/m1/s1. The van der Waals surface area contributed by atoms with Crippen molar-refractivity contribution < 1.29 is 14.7 Å². The fraction of sp³-hybridized carbons (Fsp3) is 0.385. The lowest BCUT2D eigenvalue weighted by molar-refractivity contribution is -0.141. The Morgan fingerprint density at radius 2 is 2.15 bits per heavy atom. The summed E-state index contributed by atoms with van der Waals surface area (Å²) < 4.78 is 1.72. The van der Waals surface area contributed by atoms with Gasteiger partial charge in [0.1, 0.15) is 11.9 Å². The number of amides is 1. The van der Waals surface area contributed by atoms with E-state index in [2.05, 4.69) is 10.2 Å². The van der Waals surface area contributed by atoms with Gasteiger partial charge in [-0.25, -0.2) is 4.79 Å². The number of fused-ring (bicyclic) bond motifs is 1. The van der Waals surface area contributed by atoms with Crippen LogP contribution in [-0.4, -0.2) is 49.1 Å². The third kappa shape index (κ3) is 1.91. The van der Waals surface area contributed by atoms with Crippen LogP contribution in [0, 0.1) is 6.92 Å². The summed E-state index contributed by atoms with van der Waals surface area (Å²) in [4.78, 5) is 25.0. The molecule has 1 amide bonds. The van der Waals surface area contributed by atoms with Crippen molar-refractivity contribution in [2.75, 3.05) is 6.54 Å². The molecular formula is C13H14N4O3. The van der Waals surface area contributed by atoms with Crippen molar-refractivity contribution in [2.45, 2.75) is 25.8 Å². The summed E-state index contributed by atoms with van der Waals surface area (Å²) in [6.07, 6.45) is 2.88. The summed E-state index contributed by atoms with van der Waals surface area (Å²) in [6, 6.07) is 2.64. The van der Waals surface area contributed by atoms with Gasteiger partial charge in [-0.1, -0.05) is 0 Å². The fourth-order valence-corrected chi connectivity index (χ4v) is 2.56. The van der Waals surface area contributed by atoms with E-state index in [1.807, 2.05) is 0 Å². The van der Waals surface area contributed by atoms with Crippen LogP contribution >= 0.6 is 0 Å². The maximum absolute atomic E-state index is 12.4. The minimum atomic E-state index is -0.947. The number of hydrogen-bond donors (Lipinski definition) is 1. The molecule has 7 nitrogen and oxygen atoms in total. The Hall–Kier alpha value is -2.44. The van der Waals surface area contributed by atoms with E-state index in [0.717, 1.165) is 6.42 Å². The maximum atomic E-state index is 12.4. The fourth-order valence-electron chi connectivity index (χ4n) is 2.56. The molecule has 3 rings (SSSR count). The molecule has 1 aliphatic rings. The number of likely N-dealkylation sites (tertiary alicyclic amines) is 1. The third-order valence-corrected chi connectivity index (χ3v) is 3.62. The van der Waals surface area contributed by atoms with Crippen LogP contribution in [0.1, 0.15) is 29.0 Å². The summed E-state index contributed by atoms with van der Waals surface area (Å²) in [6.45, 7) is 2.28. The van der Waals surface area contributed by atoms with Crippen molar-refractivity contribution in [3.05, 3.63) is 29.7 Å². The topological polar surface area (TPSA) is 87.8 Å². The van der Waals surface area contributed by atoms with Crippen molar-refractivity contribution in [2.24, 2.45) is 0 Å². The largest absolute Gasteiger partial charge is 0.480 e. The predicted molar refractivity (Wildman–Crippen MR) is 69.4 cm³/mol. The lowest BCUT2D eigenvalue weighted by Crippen LogP contribution is -2.40. The number of aromatic nitrogens is 3. The Balaban J connectivity index is 1.95. The van der Waals surface area contributed by atoms with E-state index in [4.69, 9.17) is 5.11 Å². The molecule has 0 unspecified atom stereocenters. The zero-order valence-corrected chi connectivity index (χ0v) is 11.0. The first-order valence-electron chi connectivity index (χ1n) is 6.43. The number of hydrogen-bond acceptors (Lipinski definition) is 4. The van der Waals surface area contributed by atoms with Crippen LogP contribution in [0.2, 0.25) is 0 Å². The lowest BCUT2D eigenvalue weighted by atomic mass is 10.2. The predicted octanol–water partition coefficient (Wildman–Crippen LogP) is 0.727. The molecule has 2 aromatic heterocycles. The van der Waals surface area contributed by atoms with Crippen LogP contribution in [0.25, 0.3) is 5.65 Å².